The fourth-order valence-corrected chi connectivity index (χ4v) is 3.09. The minimum absolute atomic E-state index is 0.922. The average Bonchev–Trinajstić information content (AvgIpc) is 2.69. The summed E-state index contributed by atoms with van der Waals surface area (Å²) in [5.41, 5.74) is 4.64. The van der Waals surface area contributed by atoms with E-state index in [9.17, 15) is 0 Å². The molecule has 0 aliphatic rings. The van der Waals surface area contributed by atoms with Crippen molar-refractivity contribution in [1.82, 2.24) is 0 Å². The van der Waals surface area contributed by atoms with E-state index in [4.69, 9.17) is 0 Å². The van der Waals surface area contributed by atoms with Gasteiger partial charge in [0, 0.05) is 0 Å². The van der Waals surface area contributed by atoms with Gasteiger partial charge in [0.05, 0.1) is 11.4 Å². The highest BCUT2D eigenvalue weighted by Crippen LogP contribution is 2.20. The monoisotopic (exact) mass is 350 g/mol. The molecule has 0 saturated carbocycles. The van der Waals surface area contributed by atoms with Gasteiger partial charge in [-0.05, 0) is 61.1 Å². The third-order valence-corrected chi connectivity index (χ3v) is 4.79. The largest absolute Gasteiger partial charge is 0.151 e. The second kappa shape index (κ2) is 12.4. The third kappa shape index (κ3) is 7.95. The van der Waals surface area contributed by atoms with Crippen LogP contribution < -0.4 is 0 Å². The van der Waals surface area contributed by atoms with Gasteiger partial charge < -0.3 is 0 Å². The number of benzene rings is 2. The molecule has 0 radical (unpaired) electrons. The van der Waals surface area contributed by atoms with Crippen molar-refractivity contribution in [3.8, 4) is 0 Å². The van der Waals surface area contributed by atoms with Gasteiger partial charge in [-0.1, -0.05) is 76.6 Å². The Morgan fingerprint density at radius 3 is 1.23 bits per heavy atom. The van der Waals surface area contributed by atoms with E-state index in [-0.39, 0.29) is 0 Å². The molecule has 140 valence electrons. The first-order chi connectivity index (χ1) is 12.8. The molecule has 0 aromatic heterocycles. The molecular weight excluding hydrogens is 316 g/mol. The van der Waals surface area contributed by atoms with Crippen LogP contribution >= 0.6 is 0 Å². The number of unbranched alkanes of at least 4 members (excludes halogenated alkanes) is 6. The minimum Gasteiger partial charge on any atom is -0.151 e. The third-order valence-electron chi connectivity index (χ3n) is 4.79. The molecule has 0 atom stereocenters. The van der Waals surface area contributed by atoms with Gasteiger partial charge in [0.25, 0.3) is 0 Å². The molecule has 2 aromatic rings. The second-order valence-electron chi connectivity index (χ2n) is 7.15. The lowest BCUT2D eigenvalue weighted by molar-refractivity contribution is 0.667. The molecule has 2 heteroatoms. The number of hydrogen-bond donors (Lipinski definition) is 0. The normalized spacial score (nSPS) is 11.3. The van der Waals surface area contributed by atoms with Crippen molar-refractivity contribution < 1.29 is 0 Å². The van der Waals surface area contributed by atoms with Crippen LogP contribution in [-0.4, -0.2) is 0 Å². The summed E-state index contributed by atoms with van der Waals surface area (Å²) in [6.07, 6.45) is 12.8. The molecule has 2 rings (SSSR count). The van der Waals surface area contributed by atoms with Crippen molar-refractivity contribution in [2.75, 3.05) is 0 Å². The Bertz CT molecular complexity index is 569. The van der Waals surface area contributed by atoms with E-state index in [0.29, 0.717) is 0 Å². The summed E-state index contributed by atoms with van der Waals surface area (Å²) < 4.78 is 0. The van der Waals surface area contributed by atoms with Crippen LogP contribution in [-0.2, 0) is 12.8 Å². The highest BCUT2D eigenvalue weighted by Gasteiger charge is 1.97. The Labute approximate surface area is 159 Å². The summed E-state index contributed by atoms with van der Waals surface area (Å²) in [6.45, 7) is 4.50. The topological polar surface area (TPSA) is 24.7 Å². The molecule has 0 aliphatic heterocycles. The Kier molecular flexibility index (Phi) is 9.71. The first-order valence-electron chi connectivity index (χ1n) is 10.4. The molecule has 0 spiro atoms. The maximum absolute atomic E-state index is 4.37. The van der Waals surface area contributed by atoms with Gasteiger partial charge in [-0.15, -0.1) is 0 Å². The molecule has 0 unspecified atom stereocenters. The van der Waals surface area contributed by atoms with E-state index in [0.717, 1.165) is 24.2 Å². The van der Waals surface area contributed by atoms with Crippen LogP contribution in [0, 0.1) is 0 Å². The summed E-state index contributed by atoms with van der Waals surface area (Å²) in [7, 11) is 0. The molecule has 2 nitrogen and oxygen atoms in total. The van der Waals surface area contributed by atoms with E-state index >= 15 is 0 Å². The lowest BCUT2D eigenvalue weighted by Gasteiger charge is -2.02. The molecule has 2 aromatic carbocycles. The van der Waals surface area contributed by atoms with Crippen molar-refractivity contribution in [1.29, 1.82) is 0 Å². The number of hydrogen-bond acceptors (Lipinski definition) is 2. The summed E-state index contributed by atoms with van der Waals surface area (Å²) in [4.78, 5) is 0. The zero-order valence-corrected chi connectivity index (χ0v) is 16.6. The Balaban J connectivity index is 1.79. The quantitative estimate of drug-likeness (QED) is 0.271. The van der Waals surface area contributed by atoms with Crippen molar-refractivity contribution in [2.24, 2.45) is 10.2 Å². The Morgan fingerprint density at radius 1 is 0.500 bits per heavy atom. The van der Waals surface area contributed by atoms with Gasteiger partial charge in [0.1, 0.15) is 0 Å². The van der Waals surface area contributed by atoms with Crippen molar-refractivity contribution in [2.45, 2.75) is 78.1 Å². The zero-order valence-electron chi connectivity index (χ0n) is 16.6. The van der Waals surface area contributed by atoms with Crippen LogP contribution in [0.15, 0.2) is 58.8 Å². The summed E-state index contributed by atoms with van der Waals surface area (Å²) >= 11 is 0. The van der Waals surface area contributed by atoms with Gasteiger partial charge >= 0.3 is 0 Å². The van der Waals surface area contributed by atoms with Crippen molar-refractivity contribution in [3.05, 3.63) is 59.7 Å². The Hall–Kier alpha value is -1.96. The van der Waals surface area contributed by atoms with E-state index in [1.54, 1.807) is 0 Å². The van der Waals surface area contributed by atoms with E-state index < -0.39 is 0 Å². The summed E-state index contributed by atoms with van der Waals surface area (Å²) in [5.74, 6) is 0. The average molecular weight is 351 g/mol. The lowest BCUT2D eigenvalue weighted by atomic mass is 10.1. The van der Waals surface area contributed by atoms with Gasteiger partial charge in [0.2, 0.25) is 0 Å². The first-order valence-corrected chi connectivity index (χ1v) is 10.4. The fraction of sp³-hybridized carbons (Fsp3) is 0.500. The summed E-state index contributed by atoms with van der Waals surface area (Å²) in [5, 5.41) is 8.74. The standard InChI is InChI=1S/C24H34N2/c1-3-5-7-9-11-21-13-17-23(18-14-21)25-26-24-19-15-22(16-20-24)12-10-8-6-4-2/h13-20H,3-12H2,1-2H3/b26-25+. The molecule has 0 fully saturated rings. The van der Waals surface area contributed by atoms with Crippen LogP contribution in [0.2, 0.25) is 0 Å². The van der Waals surface area contributed by atoms with Crippen molar-refractivity contribution >= 4 is 11.4 Å². The van der Waals surface area contributed by atoms with E-state index in [1.807, 2.05) is 0 Å². The van der Waals surface area contributed by atoms with Crippen LogP contribution in [0.25, 0.3) is 0 Å². The van der Waals surface area contributed by atoms with Crippen LogP contribution in [0.4, 0.5) is 11.4 Å². The highest BCUT2D eigenvalue weighted by atomic mass is 15.1. The lowest BCUT2D eigenvalue weighted by Crippen LogP contribution is -1.85. The second-order valence-corrected chi connectivity index (χ2v) is 7.15. The molecule has 0 amide bonds. The number of rotatable bonds is 12. The van der Waals surface area contributed by atoms with E-state index in [2.05, 4.69) is 72.6 Å². The van der Waals surface area contributed by atoms with Crippen LogP contribution in [0.5, 0.6) is 0 Å². The molecule has 0 aliphatic carbocycles. The van der Waals surface area contributed by atoms with E-state index in [1.165, 1.54) is 62.5 Å². The Morgan fingerprint density at radius 2 is 0.885 bits per heavy atom. The summed E-state index contributed by atoms with van der Waals surface area (Å²) in [6, 6.07) is 17.0. The maximum atomic E-state index is 4.37. The van der Waals surface area contributed by atoms with Gasteiger partial charge in [0.15, 0.2) is 0 Å². The predicted molar refractivity (Wildman–Crippen MR) is 113 cm³/mol. The molecule has 0 N–H and O–H groups in total. The van der Waals surface area contributed by atoms with Gasteiger partial charge in [-0.2, -0.15) is 10.2 Å². The fourth-order valence-electron chi connectivity index (χ4n) is 3.09. The first kappa shape index (κ1) is 20.4. The van der Waals surface area contributed by atoms with Crippen molar-refractivity contribution in [3.63, 3.8) is 0 Å². The number of aryl methyl sites for hydroxylation is 2. The SMILES string of the molecule is CCCCCCc1ccc(/N=N/c2ccc(CCCCCC)cc2)cc1. The van der Waals surface area contributed by atoms with Crippen LogP contribution in [0.1, 0.15) is 76.3 Å². The molecule has 26 heavy (non-hydrogen) atoms. The van der Waals surface area contributed by atoms with Gasteiger partial charge in [-0.3, -0.25) is 0 Å². The zero-order chi connectivity index (χ0) is 18.5. The molecular formula is C24H34N2. The maximum Gasteiger partial charge on any atom is 0.0857 e. The smallest absolute Gasteiger partial charge is 0.0857 e. The predicted octanol–water partition coefficient (Wildman–Crippen LogP) is 8.35. The van der Waals surface area contributed by atoms with Gasteiger partial charge in [-0.25, -0.2) is 0 Å². The minimum atomic E-state index is 0.922. The molecule has 0 bridgehead atoms. The highest BCUT2D eigenvalue weighted by molar-refractivity contribution is 5.42. The molecule has 0 heterocycles. The number of nitrogens with zero attached hydrogens (tertiary/aromatic N) is 2. The number of azo groups is 1. The van der Waals surface area contributed by atoms with Crippen LogP contribution in [0.3, 0.4) is 0 Å². The molecule has 0 saturated heterocycles.